The molecule has 4 nitrogen and oxygen atoms in total. The van der Waals surface area contributed by atoms with Crippen LogP contribution in [0.1, 0.15) is 22.6 Å². The molecule has 0 atom stereocenters. The second kappa shape index (κ2) is 5.45. The van der Waals surface area contributed by atoms with Crippen LogP contribution in [0.2, 0.25) is 0 Å². The van der Waals surface area contributed by atoms with Crippen molar-refractivity contribution in [2.24, 2.45) is 0 Å². The van der Waals surface area contributed by atoms with Crippen LogP contribution in [0.4, 0.5) is 5.69 Å². The fourth-order valence-corrected chi connectivity index (χ4v) is 2.62. The van der Waals surface area contributed by atoms with Crippen molar-refractivity contribution in [3.8, 4) is 6.07 Å². The predicted octanol–water partition coefficient (Wildman–Crippen LogP) is 3.56. The van der Waals surface area contributed by atoms with E-state index >= 15 is 0 Å². The van der Waals surface area contributed by atoms with Gasteiger partial charge in [-0.1, -0.05) is 5.16 Å². The van der Waals surface area contributed by atoms with Crippen molar-refractivity contribution in [1.29, 1.82) is 5.26 Å². The van der Waals surface area contributed by atoms with Crippen molar-refractivity contribution < 1.29 is 4.52 Å². The number of hydrogen-bond donors (Lipinski definition) is 0. The second-order valence-corrected chi connectivity index (χ2v) is 5.29. The highest BCUT2D eigenvalue weighted by atomic mass is 79.9. The van der Waals surface area contributed by atoms with E-state index in [0.29, 0.717) is 12.1 Å². The lowest BCUT2D eigenvalue weighted by Gasteiger charge is -2.20. The lowest BCUT2D eigenvalue weighted by molar-refractivity contribution is 0.392. The molecule has 0 spiro atoms. The number of hydrogen-bond acceptors (Lipinski definition) is 4. The van der Waals surface area contributed by atoms with Crippen LogP contribution in [-0.2, 0) is 6.54 Å². The molecule has 2 aromatic rings. The van der Waals surface area contributed by atoms with E-state index in [0.717, 1.165) is 27.2 Å². The molecule has 0 fully saturated rings. The van der Waals surface area contributed by atoms with Crippen LogP contribution in [0, 0.1) is 25.2 Å². The van der Waals surface area contributed by atoms with E-state index in [1.165, 1.54) is 0 Å². The van der Waals surface area contributed by atoms with Crippen LogP contribution in [-0.4, -0.2) is 12.2 Å². The Morgan fingerprint density at radius 3 is 2.68 bits per heavy atom. The molecule has 1 aromatic heterocycles. The summed E-state index contributed by atoms with van der Waals surface area (Å²) in [5, 5.41) is 12.8. The Balaban J connectivity index is 2.26. The lowest BCUT2D eigenvalue weighted by atomic mass is 10.1. The highest BCUT2D eigenvalue weighted by Crippen LogP contribution is 2.28. The summed E-state index contributed by atoms with van der Waals surface area (Å²) in [5.74, 6) is 0.842. The Hall–Kier alpha value is -1.80. The third-order valence-corrected chi connectivity index (χ3v) is 3.70. The van der Waals surface area contributed by atoms with Gasteiger partial charge in [-0.15, -0.1) is 0 Å². The van der Waals surface area contributed by atoms with Crippen molar-refractivity contribution in [2.75, 3.05) is 11.9 Å². The van der Waals surface area contributed by atoms with Gasteiger partial charge in [-0.3, -0.25) is 0 Å². The summed E-state index contributed by atoms with van der Waals surface area (Å²) in [5.41, 5.74) is 3.67. The standard InChI is InChI=1S/C14H14BrN3O/c1-9-12(10(2)19-17-9)8-18(3)14-5-4-11(7-16)6-13(14)15/h4-6H,8H2,1-3H3. The molecule has 0 unspecified atom stereocenters. The average molecular weight is 320 g/mol. The molecular formula is C14H14BrN3O. The fourth-order valence-electron chi connectivity index (χ4n) is 1.94. The molecule has 0 saturated carbocycles. The molecule has 0 saturated heterocycles. The Labute approximate surface area is 120 Å². The molecular weight excluding hydrogens is 306 g/mol. The van der Waals surface area contributed by atoms with Gasteiger partial charge in [0.25, 0.3) is 0 Å². The van der Waals surface area contributed by atoms with Crippen molar-refractivity contribution in [3.63, 3.8) is 0 Å². The highest BCUT2D eigenvalue weighted by molar-refractivity contribution is 9.10. The molecule has 1 heterocycles. The van der Waals surface area contributed by atoms with E-state index in [9.17, 15) is 0 Å². The first-order chi connectivity index (χ1) is 9.02. The Morgan fingerprint density at radius 2 is 2.16 bits per heavy atom. The van der Waals surface area contributed by atoms with Crippen LogP contribution >= 0.6 is 15.9 Å². The number of rotatable bonds is 3. The summed E-state index contributed by atoms with van der Waals surface area (Å²) in [6, 6.07) is 7.68. The summed E-state index contributed by atoms with van der Waals surface area (Å²) in [6.45, 7) is 4.57. The van der Waals surface area contributed by atoms with E-state index < -0.39 is 0 Å². The molecule has 0 radical (unpaired) electrons. The molecule has 0 amide bonds. The molecule has 19 heavy (non-hydrogen) atoms. The fraction of sp³-hybridized carbons (Fsp3) is 0.286. The molecule has 5 heteroatoms. The number of nitriles is 1. The number of halogens is 1. The topological polar surface area (TPSA) is 53.1 Å². The van der Waals surface area contributed by atoms with Crippen LogP contribution < -0.4 is 4.90 Å². The molecule has 0 bridgehead atoms. The van der Waals surface area contributed by atoms with Gasteiger partial charge in [0.15, 0.2) is 0 Å². The van der Waals surface area contributed by atoms with Crippen LogP contribution in [0.15, 0.2) is 27.2 Å². The van der Waals surface area contributed by atoms with E-state index in [1.54, 1.807) is 0 Å². The van der Waals surface area contributed by atoms with Gasteiger partial charge in [-0.25, -0.2) is 0 Å². The predicted molar refractivity (Wildman–Crippen MR) is 76.9 cm³/mol. The molecule has 0 N–H and O–H groups in total. The number of aromatic nitrogens is 1. The minimum absolute atomic E-state index is 0.640. The molecule has 1 aromatic carbocycles. The molecule has 2 rings (SSSR count). The maximum Gasteiger partial charge on any atom is 0.138 e. The minimum Gasteiger partial charge on any atom is -0.369 e. The average Bonchev–Trinajstić information content (AvgIpc) is 2.70. The van der Waals surface area contributed by atoms with E-state index in [1.807, 2.05) is 39.1 Å². The van der Waals surface area contributed by atoms with Gasteiger partial charge < -0.3 is 9.42 Å². The number of aryl methyl sites for hydroxylation is 2. The summed E-state index contributed by atoms with van der Waals surface area (Å²) >= 11 is 3.50. The summed E-state index contributed by atoms with van der Waals surface area (Å²) in [4.78, 5) is 2.10. The van der Waals surface area contributed by atoms with Gasteiger partial charge in [0, 0.05) is 23.6 Å². The first-order valence-corrected chi connectivity index (χ1v) is 6.64. The summed E-state index contributed by atoms with van der Waals surface area (Å²) in [6.07, 6.45) is 0. The third-order valence-electron chi connectivity index (χ3n) is 3.06. The van der Waals surface area contributed by atoms with Gasteiger partial charge in [0.1, 0.15) is 5.76 Å². The molecule has 0 aliphatic heterocycles. The highest BCUT2D eigenvalue weighted by Gasteiger charge is 2.13. The lowest BCUT2D eigenvalue weighted by Crippen LogP contribution is -2.17. The maximum atomic E-state index is 8.87. The van der Waals surface area contributed by atoms with Gasteiger partial charge in [-0.2, -0.15) is 5.26 Å². The zero-order valence-electron chi connectivity index (χ0n) is 11.1. The second-order valence-electron chi connectivity index (χ2n) is 4.44. The Morgan fingerprint density at radius 1 is 1.42 bits per heavy atom. The molecule has 0 aliphatic carbocycles. The van der Waals surface area contributed by atoms with Gasteiger partial charge in [0.2, 0.25) is 0 Å². The van der Waals surface area contributed by atoms with E-state index in [-0.39, 0.29) is 0 Å². The zero-order valence-corrected chi connectivity index (χ0v) is 12.7. The van der Waals surface area contributed by atoms with Crippen LogP contribution in [0.3, 0.4) is 0 Å². The van der Waals surface area contributed by atoms with Crippen molar-refractivity contribution in [3.05, 3.63) is 45.3 Å². The van der Waals surface area contributed by atoms with Gasteiger partial charge >= 0.3 is 0 Å². The minimum atomic E-state index is 0.640. The largest absolute Gasteiger partial charge is 0.369 e. The normalized spacial score (nSPS) is 10.3. The van der Waals surface area contributed by atoms with Gasteiger partial charge in [0.05, 0.1) is 23.0 Å². The van der Waals surface area contributed by atoms with E-state index in [2.05, 4.69) is 32.1 Å². The van der Waals surface area contributed by atoms with E-state index in [4.69, 9.17) is 9.78 Å². The number of anilines is 1. The van der Waals surface area contributed by atoms with Crippen molar-refractivity contribution >= 4 is 21.6 Å². The molecule has 98 valence electrons. The number of nitrogens with zero attached hydrogens (tertiary/aromatic N) is 3. The summed E-state index contributed by atoms with van der Waals surface area (Å²) in [7, 11) is 2.00. The Bertz CT molecular complexity index is 623. The third kappa shape index (κ3) is 2.79. The summed E-state index contributed by atoms with van der Waals surface area (Å²) < 4.78 is 6.07. The van der Waals surface area contributed by atoms with Gasteiger partial charge in [-0.05, 0) is 48.0 Å². The zero-order chi connectivity index (χ0) is 14.0. The van der Waals surface area contributed by atoms with Crippen LogP contribution in [0.5, 0.6) is 0 Å². The van der Waals surface area contributed by atoms with Crippen molar-refractivity contribution in [2.45, 2.75) is 20.4 Å². The SMILES string of the molecule is Cc1noc(C)c1CN(C)c1ccc(C#N)cc1Br. The number of benzene rings is 1. The first-order valence-electron chi connectivity index (χ1n) is 5.85. The van der Waals surface area contributed by atoms with Crippen molar-refractivity contribution in [1.82, 2.24) is 5.16 Å². The monoisotopic (exact) mass is 319 g/mol. The first kappa shape index (κ1) is 13.6. The maximum absolute atomic E-state index is 8.87. The Kier molecular flexibility index (Phi) is 3.91. The smallest absolute Gasteiger partial charge is 0.138 e. The molecule has 0 aliphatic rings. The quantitative estimate of drug-likeness (QED) is 0.868. The van der Waals surface area contributed by atoms with Crippen LogP contribution in [0.25, 0.3) is 0 Å².